The molecule has 7 nitrogen and oxygen atoms in total. The SMILES string of the molecule is COc1cccc(C(=O)NCc2nccnc2-c2ccco2)c1OC. The summed E-state index contributed by atoms with van der Waals surface area (Å²) in [6, 6.07) is 8.69. The van der Waals surface area contributed by atoms with Crippen molar-refractivity contribution in [1.29, 1.82) is 0 Å². The zero-order chi connectivity index (χ0) is 17.6. The van der Waals surface area contributed by atoms with Crippen LogP contribution in [0.15, 0.2) is 53.4 Å². The van der Waals surface area contributed by atoms with E-state index in [0.717, 1.165) is 0 Å². The minimum atomic E-state index is -0.299. The number of aromatic nitrogens is 2. The van der Waals surface area contributed by atoms with Gasteiger partial charge in [-0.05, 0) is 24.3 Å². The van der Waals surface area contributed by atoms with Gasteiger partial charge in [0.25, 0.3) is 5.91 Å². The Hall–Kier alpha value is -3.35. The van der Waals surface area contributed by atoms with Gasteiger partial charge in [-0.15, -0.1) is 0 Å². The Balaban J connectivity index is 1.80. The predicted octanol–water partition coefficient (Wildman–Crippen LogP) is 2.68. The third kappa shape index (κ3) is 3.45. The normalized spacial score (nSPS) is 10.3. The number of ether oxygens (including phenoxy) is 2. The molecule has 0 spiro atoms. The summed E-state index contributed by atoms with van der Waals surface area (Å²) >= 11 is 0. The second kappa shape index (κ2) is 7.48. The van der Waals surface area contributed by atoms with Crippen LogP contribution < -0.4 is 14.8 Å². The topological polar surface area (TPSA) is 86.5 Å². The molecule has 0 fully saturated rings. The highest BCUT2D eigenvalue weighted by Gasteiger charge is 2.17. The molecule has 0 unspecified atom stereocenters. The number of methoxy groups -OCH3 is 2. The first-order valence-corrected chi connectivity index (χ1v) is 7.57. The van der Waals surface area contributed by atoms with Crippen LogP contribution in [0.5, 0.6) is 11.5 Å². The first kappa shape index (κ1) is 16.5. The smallest absolute Gasteiger partial charge is 0.255 e. The summed E-state index contributed by atoms with van der Waals surface area (Å²) in [6.07, 6.45) is 4.71. The molecule has 0 saturated carbocycles. The van der Waals surface area contributed by atoms with Crippen LogP contribution in [0.25, 0.3) is 11.5 Å². The van der Waals surface area contributed by atoms with Crippen molar-refractivity contribution in [2.24, 2.45) is 0 Å². The highest BCUT2D eigenvalue weighted by atomic mass is 16.5. The molecule has 1 amide bonds. The Morgan fingerprint density at radius 3 is 2.68 bits per heavy atom. The summed E-state index contributed by atoms with van der Waals surface area (Å²) in [5.41, 5.74) is 1.57. The van der Waals surface area contributed by atoms with Gasteiger partial charge in [-0.25, -0.2) is 4.98 Å². The lowest BCUT2D eigenvalue weighted by molar-refractivity contribution is 0.0946. The summed E-state index contributed by atoms with van der Waals surface area (Å²) in [5, 5.41) is 2.82. The van der Waals surface area contributed by atoms with Crippen molar-refractivity contribution in [2.45, 2.75) is 6.54 Å². The Morgan fingerprint density at radius 2 is 1.96 bits per heavy atom. The van der Waals surface area contributed by atoms with E-state index in [9.17, 15) is 4.79 Å². The molecule has 3 rings (SSSR count). The van der Waals surface area contributed by atoms with E-state index in [4.69, 9.17) is 13.9 Å². The molecule has 7 heteroatoms. The minimum Gasteiger partial charge on any atom is -0.493 e. The molecule has 0 aliphatic carbocycles. The maximum atomic E-state index is 12.5. The zero-order valence-corrected chi connectivity index (χ0v) is 13.9. The van der Waals surface area contributed by atoms with E-state index < -0.39 is 0 Å². The van der Waals surface area contributed by atoms with E-state index in [2.05, 4.69) is 15.3 Å². The van der Waals surface area contributed by atoms with E-state index >= 15 is 0 Å². The fourth-order valence-electron chi connectivity index (χ4n) is 2.44. The van der Waals surface area contributed by atoms with Crippen molar-refractivity contribution in [3.05, 3.63) is 60.2 Å². The fourth-order valence-corrected chi connectivity index (χ4v) is 2.44. The highest BCUT2D eigenvalue weighted by Crippen LogP contribution is 2.30. The van der Waals surface area contributed by atoms with Crippen molar-refractivity contribution in [1.82, 2.24) is 15.3 Å². The molecule has 0 saturated heterocycles. The average molecular weight is 339 g/mol. The predicted molar refractivity (Wildman–Crippen MR) is 90.5 cm³/mol. The van der Waals surface area contributed by atoms with Crippen molar-refractivity contribution in [3.8, 4) is 23.0 Å². The molecule has 1 N–H and O–H groups in total. The number of carbonyl (C=O) groups is 1. The van der Waals surface area contributed by atoms with Gasteiger partial charge in [0.2, 0.25) is 0 Å². The first-order valence-electron chi connectivity index (χ1n) is 7.57. The van der Waals surface area contributed by atoms with Crippen LogP contribution in [0.2, 0.25) is 0 Å². The van der Waals surface area contributed by atoms with Crippen LogP contribution in [0.1, 0.15) is 16.1 Å². The molecule has 128 valence electrons. The van der Waals surface area contributed by atoms with Gasteiger partial charge in [-0.3, -0.25) is 9.78 Å². The number of amides is 1. The number of hydrogen-bond donors (Lipinski definition) is 1. The Kier molecular flexibility index (Phi) is 4.94. The quantitative estimate of drug-likeness (QED) is 0.743. The molecule has 25 heavy (non-hydrogen) atoms. The Morgan fingerprint density at radius 1 is 1.12 bits per heavy atom. The fraction of sp³-hybridized carbons (Fsp3) is 0.167. The third-order valence-electron chi connectivity index (χ3n) is 3.59. The molecule has 0 aliphatic rings. The number of nitrogens with one attached hydrogen (secondary N) is 1. The molecule has 0 bridgehead atoms. The number of furan rings is 1. The van der Waals surface area contributed by atoms with Gasteiger partial charge in [0.1, 0.15) is 5.69 Å². The van der Waals surface area contributed by atoms with Crippen LogP contribution in [-0.2, 0) is 6.54 Å². The Labute approximate surface area is 144 Å². The van der Waals surface area contributed by atoms with Gasteiger partial charge < -0.3 is 19.2 Å². The summed E-state index contributed by atoms with van der Waals surface area (Å²) < 4.78 is 15.9. The second-order valence-electron chi connectivity index (χ2n) is 5.05. The van der Waals surface area contributed by atoms with Gasteiger partial charge in [0.15, 0.2) is 17.3 Å². The van der Waals surface area contributed by atoms with E-state index in [1.807, 2.05) is 0 Å². The number of rotatable bonds is 6. The maximum absolute atomic E-state index is 12.5. The minimum absolute atomic E-state index is 0.197. The van der Waals surface area contributed by atoms with Crippen molar-refractivity contribution in [2.75, 3.05) is 14.2 Å². The number of benzene rings is 1. The van der Waals surface area contributed by atoms with Gasteiger partial charge in [0, 0.05) is 12.4 Å². The largest absolute Gasteiger partial charge is 0.493 e. The number of nitrogens with zero attached hydrogens (tertiary/aromatic N) is 2. The molecule has 1 aromatic carbocycles. The van der Waals surface area contributed by atoms with Crippen molar-refractivity contribution >= 4 is 5.91 Å². The van der Waals surface area contributed by atoms with Crippen LogP contribution in [0.3, 0.4) is 0 Å². The van der Waals surface area contributed by atoms with E-state index in [0.29, 0.717) is 34.2 Å². The molecule has 0 radical (unpaired) electrons. The lowest BCUT2D eigenvalue weighted by Gasteiger charge is -2.13. The molecule has 2 heterocycles. The summed E-state index contributed by atoms with van der Waals surface area (Å²) in [4.78, 5) is 21.1. The molecule has 2 aromatic heterocycles. The summed E-state index contributed by atoms with van der Waals surface area (Å²) in [6.45, 7) is 0.197. The van der Waals surface area contributed by atoms with Crippen LogP contribution in [-0.4, -0.2) is 30.1 Å². The van der Waals surface area contributed by atoms with Gasteiger partial charge in [0.05, 0.1) is 38.3 Å². The summed E-state index contributed by atoms with van der Waals surface area (Å²) in [7, 11) is 3.01. The van der Waals surface area contributed by atoms with E-state index in [1.165, 1.54) is 14.2 Å². The molecule has 0 aliphatic heterocycles. The lowest BCUT2D eigenvalue weighted by Crippen LogP contribution is -2.24. The molecular weight excluding hydrogens is 322 g/mol. The highest BCUT2D eigenvalue weighted by molar-refractivity contribution is 5.97. The second-order valence-corrected chi connectivity index (χ2v) is 5.05. The monoisotopic (exact) mass is 339 g/mol. The number of para-hydroxylation sites is 1. The lowest BCUT2D eigenvalue weighted by atomic mass is 10.1. The van der Waals surface area contributed by atoms with Crippen LogP contribution in [0.4, 0.5) is 0 Å². The maximum Gasteiger partial charge on any atom is 0.255 e. The number of hydrogen-bond acceptors (Lipinski definition) is 6. The summed E-state index contributed by atoms with van der Waals surface area (Å²) in [5.74, 6) is 1.17. The molecular formula is C18H17N3O4. The van der Waals surface area contributed by atoms with Crippen LogP contribution in [0, 0.1) is 0 Å². The average Bonchev–Trinajstić information content (AvgIpc) is 3.20. The standard InChI is InChI=1S/C18H17N3O4/c1-23-15-6-3-5-12(17(15)24-2)18(22)21-11-13-16(20-9-8-19-13)14-7-4-10-25-14/h3-10H,11H2,1-2H3,(H,21,22). The zero-order valence-electron chi connectivity index (χ0n) is 13.9. The van der Waals surface area contributed by atoms with E-state index in [-0.39, 0.29) is 12.5 Å². The van der Waals surface area contributed by atoms with Crippen LogP contribution >= 0.6 is 0 Å². The molecule has 3 aromatic rings. The van der Waals surface area contributed by atoms with Gasteiger partial charge >= 0.3 is 0 Å². The van der Waals surface area contributed by atoms with E-state index in [1.54, 1.807) is 49.0 Å². The van der Waals surface area contributed by atoms with Crippen molar-refractivity contribution in [3.63, 3.8) is 0 Å². The Bertz CT molecular complexity index is 863. The number of carbonyl (C=O) groups excluding carboxylic acids is 1. The third-order valence-corrected chi connectivity index (χ3v) is 3.59. The van der Waals surface area contributed by atoms with Crippen molar-refractivity contribution < 1.29 is 18.7 Å². The first-order chi connectivity index (χ1) is 12.2. The molecule has 0 atom stereocenters. The van der Waals surface area contributed by atoms with Gasteiger partial charge in [-0.1, -0.05) is 6.07 Å². The van der Waals surface area contributed by atoms with Gasteiger partial charge in [-0.2, -0.15) is 0 Å².